The topological polar surface area (TPSA) is 99.4 Å². The number of aliphatic hydroxyl groups excluding tert-OH is 4. The molecule has 2 rings (SSSR count). The molecule has 0 spiro atoms. The second kappa shape index (κ2) is 5.64. The third-order valence-electron chi connectivity index (χ3n) is 2.82. The summed E-state index contributed by atoms with van der Waals surface area (Å²) in [7, 11) is 0. The lowest BCUT2D eigenvalue weighted by Gasteiger charge is -2.18. The fraction of sp³-hybridized carbons (Fsp3) is 0.500. The zero-order chi connectivity index (χ0) is 13.1. The third-order valence-corrected chi connectivity index (χ3v) is 2.82. The number of para-hydroxylation sites is 1. The van der Waals surface area contributed by atoms with Crippen molar-refractivity contribution < 1.29 is 29.9 Å². The van der Waals surface area contributed by atoms with Crippen LogP contribution >= 0.6 is 0 Å². The molecule has 0 aromatic heterocycles. The Bertz CT molecular complexity index is 370. The molecule has 1 heterocycles. The van der Waals surface area contributed by atoms with Crippen LogP contribution in [0.3, 0.4) is 0 Å². The van der Waals surface area contributed by atoms with Crippen LogP contribution in [0.2, 0.25) is 0 Å². The summed E-state index contributed by atoms with van der Waals surface area (Å²) < 4.78 is 10.6. The highest BCUT2D eigenvalue weighted by Gasteiger charge is 2.47. The van der Waals surface area contributed by atoms with Crippen LogP contribution in [-0.4, -0.2) is 57.7 Å². The molecule has 1 aliphatic rings. The molecule has 1 fully saturated rings. The predicted molar refractivity (Wildman–Crippen MR) is 60.8 cm³/mol. The first-order chi connectivity index (χ1) is 8.63. The third kappa shape index (κ3) is 2.63. The van der Waals surface area contributed by atoms with Crippen molar-refractivity contribution in [2.75, 3.05) is 6.61 Å². The highest BCUT2D eigenvalue weighted by Crippen LogP contribution is 2.26. The fourth-order valence-electron chi connectivity index (χ4n) is 1.82. The van der Waals surface area contributed by atoms with Gasteiger partial charge in [-0.3, -0.25) is 0 Å². The summed E-state index contributed by atoms with van der Waals surface area (Å²) >= 11 is 0. The van der Waals surface area contributed by atoms with E-state index in [2.05, 4.69) is 0 Å². The van der Waals surface area contributed by atoms with Gasteiger partial charge in [0.2, 0.25) is 6.29 Å². The normalized spacial score (nSPS) is 33.3. The molecule has 4 N–H and O–H groups in total. The van der Waals surface area contributed by atoms with E-state index in [1.807, 2.05) is 6.07 Å². The average molecular weight is 256 g/mol. The zero-order valence-corrected chi connectivity index (χ0v) is 9.59. The van der Waals surface area contributed by atoms with Crippen LogP contribution in [0.25, 0.3) is 0 Å². The van der Waals surface area contributed by atoms with Gasteiger partial charge in [0, 0.05) is 0 Å². The molecule has 5 atom stereocenters. The quantitative estimate of drug-likeness (QED) is 0.544. The summed E-state index contributed by atoms with van der Waals surface area (Å²) in [6.07, 6.45) is -6.00. The van der Waals surface area contributed by atoms with Crippen LogP contribution < -0.4 is 4.74 Å². The maximum absolute atomic E-state index is 9.74. The van der Waals surface area contributed by atoms with Gasteiger partial charge < -0.3 is 29.9 Å². The largest absolute Gasteiger partial charge is 0.462 e. The first-order valence-electron chi connectivity index (χ1n) is 5.65. The maximum Gasteiger partial charge on any atom is 0.229 e. The average Bonchev–Trinajstić information content (AvgIpc) is 2.67. The van der Waals surface area contributed by atoms with E-state index in [0.29, 0.717) is 5.75 Å². The summed E-state index contributed by atoms with van der Waals surface area (Å²) in [6, 6.07) is 8.68. The lowest BCUT2D eigenvalue weighted by molar-refractivity contribution is -0.137. The number of hydrogen-bond donors (Lipinski definition) is 4. The Balaban J connectivity index is 2.03. The molecule has 1 aromatic carbocycles. The van der Waals surface area contributed by atoms with Crippen LogP contribution in [0.1, 0.15) is 0 Å². The van der Waals surface area contributed by atoms with E-state index in [-0.39, 0.29) is 0 Å². The number of benzene rings is 1. The molecule has 0 aliphatic carbocycles. The van der Waals surface area contributed by atoms with Gasteiger partial charge in [0.1, 0.15) is 30.2 Å². The van der Waals surface area contributed by atoms with E-state index >= 15 is 0 Å². The number of ether oxygens (including phenoxy) is 2. The molecule has 0 radical (unpaired) electrons. The van der Waals surface area contributed by atoms with Crippen molar-refractivity contribution in [2.45, 2.75) is 30.7 Å². The summed E-state index contributed by atoms with van der Waals surface area (Å²) in [5.74, 6) is 0.480. The summed E-state index contributed by atoms with van der Waals surface area (Å²) in [6.45, 7) is -0.563. The molecule has 6 nitrogen and oxygen atoms in total. The van der Waals surface area contributed by atoms with Crippen LogP contribution in [0, 0.1) is 0 Å². The van der Waals surface area contributed by atoms with Crippen molar-refractivity contribution in [3.63, 3.8) is 0 Å². The molecule has 18 heavy (non-hydrogen) atoms. The SMILES string of the molecule is OCC(O)C1OC(Oc2ccccc2)C(O)C1O. The lowest BCUT2D eigenvalue weighted by Crippen LogP contribution is -2.40. The van der Waals surface area contributed by atoms with Gasteiger partial charge in [-0.05, 0) is 12.1 Å². The minimum absolute atomic E-state index is 0.480. The van der Waals surface area contributed by atoms with Gasteiger partial charge >= 0.3 is 0 Å². The van der Waals surface area contributed by atoms with Crippen molar-refractivity contribution in [3.05, 3.63) is 30.3 Å². The Labute approximate surface area is 104 Å². The van der Waals surface area contributed by atoms with Crippen LogP contribution in [0.4, 0.5) is 0 Å². The monoisotopic (exact) mass is 256 g/mol. The zero-order valence-electron chi connectivity index (χ0n) is 9.59. The van der Waals surface area contributed by atoms with Gasteiger partial charge in [-0.1, -0.05) is 18.2 Å². The molecule has 0 bridgehead atoms. The lowest BCUT2D eigenvalue weighted by atomic mass is 10.1. The number of aliphatic hydroxyl groups is 4. The second-order valence-corrected chi connectivity index (χ2v) is 4.13. The molecule has 0 amide bonds. The van der Waals surface area contributed by atoms with Gasteiger partial charge in [0.15, 0.2) is 0 Å². The Morgan fingerprint density at radius 2 is 1.83 bits per heavy atom. The fourth-order valence-corrected chi connectivity index (χ4v) is 1.82. The van der Waals surface area contributed by atoms with Crippen molar-refractivity contribution in [1.29, 1.82) is 0 Å². The molecule has 1 aromatic rings. The maximum atomic E-state index is 9.74. The highest BCUT2D eigenvalue weighted by molar-refractivity contribution is 5.21. The van der Waals surface area contributed by atoms with E-state index in [9.17, 15) is 15.3 Å². The van der Waals surface area contributed by atoms with Gasteiger partial charge in [0.25, 0.3) is 0 Å². The summed E-state index contributed by atoms with van der Waals surface area (Å²) in [5, 5.41) is 37.7. The van der Waals surface area contributed by atoms with E-state index in [1.165, 1.54) is 0 Å². The van der Waals surface area contributed by atoms with E-state index in [1.54, 1.807) is 24.3 Å². The van der Waals surface area contributed by atoms with Crippen LogP contribution in [0.5, 0.6) is 5.75 Å². The molecule has 6 heteroatoms. The second-order valence-electron chi connectivity index (χ2n) is 4.13. The standard InChI is InChI=1S/C12H16O6/c13-6-8(14)11-9(15)10(16)12(18-11)17-7-4-2-1-3-5-7/h1-5,8-16H,6H2. The molecule has 0 saturated carbocycles. The molecule has 100 valence electrons. The van der Waals surface area contributed by atoms with Gasteiger partial charge in [-0.25, -0.2) is 0 Å². The molecule has 5 unspecified atom stereocenters. The molecule has 1 aliphatic heterocycles. The highest BCUT2D eigenvalue weighted by atomic mass is 16.7. The summed E-state index contributed by atoms with van der Waals surface area (Å²) in [5.41, 5.74) is 0. The number of rotatable bonds is 4. The van der Waals surface area contributed by atoms with Crippen molar-refractivity contribution in [3.8, 4) is 5.75 Å². The molecular formula is C12H16O6. The minimum Gasteiger partial charge on any atom is -0.462 e. The Morgan fingerprint density at radius 3 is 2.44 bits per heavy atom. The smallest absolute Gasteiger partial charge is 0.229 e. The predicted octanol–water partition coefficient (Wildman–Crippen LogP) is -1.13. The first kappa shape index (κ1) is 13.3. The van der Waals surface area contributed by atoms with Gasteiger partial charge in [0.05, 0.1) is 6.61 Å². The van der Waals surface area contributed by atoms with Crippen LogP contribution in [0.15, 0.2) is 30.3 Å². The Kier molecular flexibility index (Phi) is 4.15. The van der Waals surface area contributed by atoms with Crippen molar-refractivity contribution >= 4 is 0 Å². The minimum atomic E-state index is -1.30. The Hall–Kier alpha value is -1.18. The van der Waals surface area contributed by atoms with Crippen LogP contribution in [-0.2, 0) is 4.74 Å². The number of hydrogen-bond acceptors (Lipinski definition) is 6. The van der Waals surface area contributed by atoms with E-state index in [4.69, 9.17) is 14.6 Å². The van der Waals surface area contributed by atoms with E-state index in [0.717, 1.165) is 0 Å². The van der Waals surface area contributed by atoms with E-state index < -0.39 is 37.3 Å². The summed E-state index contributed by atoms with van der Waals surface area (Å²) in [4.78, 5) is 0. The molecule has 1 saturated heterocycles. The Morgan fingerprint density at radius 1 is 1.17 bits per heavy atom. The van der Waals surface area contributed by atoms with Crippen molar-refractivity contribution in [1.82, 2.24) is 0 Å². The van der Waals surface area contributed by atoms with Gasteiger partial charge in [-0.15, -0.1) is 0 Å². The first-order valence-corrected chi connectivity index (χ1v) is 5.65. The van der Waals surface area contributed by atoms with Gasteiger partial charge in [-0.2, -0.15) is 0 Å². The molecular weight excluding hydrogens is 240 g/mol. The van der Waals surface area contributed by atoms with Crippen molar-refractivity contribution in [2.24, 2.45) is 0 Å².